The number of benzene rings is 2. The van der Waals surface area contributed by atoms with Crippen molar-refractivity contribution in [3.63, 3.8) is 0 Å². The van der Waals surface area contributed by atoms with E-state index >= 15 is 0 Å². The van der Waals surface area contributed by atoms with Crippen LogP contribution in [0.25, 0.3) is 0 Å². The van der Waals surface area contributed by atoms with E-state index in [0.717, 1.165) is 24.3 Å². The molecule has 0 bridgehead atoms. The van der Waals surface area contributed by atoms with Crippen LogP contribution >= 0.6 is 0 Å². The molecule has 1 fully saturated rings. The molecule has 7 heteroatoms. The van der Waals surface area contributed by atoms with Crippen molar-refractivity contribution in [2.24, 2.45) is 0 Å². The molecular weight excluding hydrogens is 347 g/mol. The van der Waals surface area contributed by atoms with Gasteiger partial charge in [-0.05, 0) is 54.8 Å². The predicted octanol–water partition coefficient (Wildman–Crippen LogP) is 4.43. The van der Waals surface area contributed by atoms with Gasteiger partial charge in [-0.15, -0.1) is 13.2 Å². The molecule has 1 heterocycles. The number of nitrogens with zero attached hydrogens (tertiary/aromatic N) is 1. The molecule has 2 aromatic rings. The zero-order valence-electron chi connectivity index (χ0n) is 14.3. The second kappa shape index (κ2) is 7.07. The van der Waals surface area contributed by atoms with Gasteiger partial charge in [0.15, 0.2) is 0 Å². The smallest absolute Gasteiger partial charge is 0.508 e. The number of methoxy groups -OCH3 is 1. The number of rotatable bonds is 4. The number of phenolic OH excluding ortho intramolecular Hbond substituents is 1. The minimum atomic E-state index is -4.70. The maximum Gasteiger partial charge on any atom is 0.573 e. The van der Waals surface area contributed by atoms with Crippen molar-refractivity contribution in [3.8, 4) is 11.5 Å². The molecular formula is C19H20F3NO3. The number of halogens is 3. The van der Waals surface area contributed by atoms with E-state index in [9.17, 15) is 18.3 Å². The van der Waals surface area contributed by atoms with Crippen LogP contribution in [0.2, 0.25) is 0 Å². The molecule has 1 N–H and O–H groups in total. The summed E-state index contributed by atoms with van der Waals surface area (Å²) in [6.07, 6.45) is -3.30. The van der Waals surface area contributed by atoms with Gasteiger partial charge in [-0.1, -0.05) is 12.1 Å². The number of anilines is 1. The average molecular weight is 367 g/mol. The highest BCUT2D eigenvalue weighted by molar-refractivity contribution is 5.49. The molecule has 1 aliphatic heterocycles. The second-order valence-corrected chi connectivity index (χ2v) is 6.27. The summed E-state index contributed by atoms with van der Waals surface area (Å²) >= 11 is 0. The monoisotopic (exact) mass is 367 g/mol. The Morgan fingerprint density at radius 1 is 0.962 bits per heavy atom. The van der Waals surface area contributed by atoms with Crippen LogP contribution in [-0.4, -0.2) is 31.7 Å². The maximum absolute atomic E-state index is 12.3. The molecule has 1 saturated heterocycles. The Morgan fingerprint density at radius 3 is 2.04 bits per heavy atom. The number of hydrogen-bond acceptors (Lipinski definition) is 4. The Bertz CT molecular complexity index is 721. The lowest BCUT2D eigenvalue weighted by Crippen LogP contribution is -2.43. The summed E-state index contributed by atoms with van der Waals surface area (Å²) in [6.45, 7) is 1.47. The molecule has 0 saturated carbocycles. The number of aromatic hydroxyl groups is 1. The maximum atomic E-state index is 12.3. The van der Waals surface area contributed by atoms with Crippen molar-refractivity contribution in [1.82, 2.24) is 0 Å². The molecule has 0 radical (unpaired) electrons. The summed E-state index contributed by atoms with van der Waals surface area (Å²) in [7, 11) is 1.62. The first-order valence-electron chi connectivity index (χ1n) is 8.27. The van der Waals surface area contributed by atoms with Crippen LogP contribution in [0.5, 0.6) is 11.5 Å². The fourth-order valence-electron chi connectivity index (χ4n) is 3.36. The number of phenols is 1. The van der Waals surface area contributed by atoms with Gasteiger partial charge < -0.3 is 19.5 Å². The summed E-state index contributed by atoms with van der Waals surface area (Å²) in [5.74, 6) is -0.0211. The predicted molar refractivity (Wildman–Crippen MR) is 91.4 cm³/mol. The van der Waals surface area contributed by atoms with Gasteiger partial charge in [0.2, 0.25) is 0 Å². The molecule has 0 spiro atoms. The van der Waals surface area contributed by atoms with Crippen LogP contribution in [-0.2, 0) is 10.3 Å². The third-order valence-electron chi connectivity index (χ3n) is 4.79. The van der Waals surface area contributed by atoms with Gasteiger partial charge in [-0.25, -0.2) is 0 Å². The first-order valence-corrected chi connectivity index (χ1v) is 8.27. The highest BCUT2D eigenvalue weighted by Crippen LogP contribution is 2.38. The fraction of sp³-hybridized carbons (Fsp3) is 0.368. The van der Waals surface area contributed by atoms with Crippen LogP contribution in [0, 0.1) is 0 Å². The average Bonchev–Trinajstić information content (AvgIpc) is 2.62. The van der Waals surface area contributed by atoms with Crippen LogP contribution in [0.3, 0.4) is 0 Å². The molecule has 26 heavy (non-hydrogen) atoms. The Morgan fingerprint density at radius 2 is 1.54 bits per heavy atom. The van der Waals surface area contributed by atoms with E-state index in [1.54, 1.807) is 31.4 Å². The van der Waals surface area contributed by atoms with Crippen LogP contribution in [0.1, 0.15) is 18.4 Å². The van der Waals surface area contributed by atoms with Gasteiger partial charge >= 0.3 is 6.36 Å². The summed E-state index contributed by atoms with van der Waals surface area (Å²) in [4.78, 5) is 2.19. The van der Waals surface area contributed by atoms with Crippen LogP contribution in [0.15, 0.2) is 48.5 Å². The van der Waals surface area contributed by atoms with Gasteiger partial charge in [0.1, 0.15) is 11.5 Å². The number of hydrogen-bond donors (Lipinski definition) is 1. The number of alkyl halides is 3. The van der Waals surface area contributed by atoms with Crippen molar-refractivity contribution in [2.45, 2.75) is 24.8 Å². The van der Waals surface area contributed by atoms with E-state index in [0.29, 0.717) is 12.8 Å². The molecule has 1 aliphatic rings. The van der Waals surface area contributed by atoms with E-state index in [1.807, 2.05) is 12.1 Å². The molecule has 0 aromatic heterocycles. The molecule has 140 valence electrons. The van der Waals surface area contributed by atoms with Gasteiger partial charge in [-0.2, -0.15) is 0 Å². The molecule has 0 atom stereocenters. The Hall–Kier alpha value is -2.41. The van der Waals surface area contributed by atoms with Crippen molar-refractivity contribution in [2.75, 3.05) is 25.1 Å². The first-order chi connectivity index (χ1) is 12.3. The molecule has 2 aromatic carbocycles. The van der Waals surface area contributed by atoms with E-state index < -0.39 is 12.0 Å². The van der Waals surface area contributed by atoms with Crippen LogP contribution in [0.4, 0.5) is 18.9 Å². The molecule has 0 amide bonds. The molecule has 0 aliphatic carbocycles. The number of piperidine rings is 1. The fourth-order valence-corrected chi connectivity index (χ4v) is 3.36. The van der Waals surface area contributed by atoms with Crippen molar-refractivity contribution >= 4 is 5.69 Å². The van der Waals surface area contributed by atoms with Crippen molar-refractivity contribution < 1.29 is 27.8 Å². The zero-order chi connectivity index (χ0) is 18.8. The van der Waals surface area contributed by atoms with Gasteiger partial charge in [0.25, 0.3) is 0 Å². The second-order valence-electron chi connectivity index (χ2n) is 6.27. The van der Waals surface area contributed by atoms with E-state index in [1.165, 1.54) is 12.1 Å². The third kappa shape index (κ3) is 4.04. The first kappa shape index (κ1) is 18.4. The van der Waals surface area contributed by atoms with E-state index in [2.05, 4.69) is 9.64 Å². The molecule has 4 nitrogen and oxygen atoms in total. The summed E-state index contributed by atoms with van der Waals surface area (Å²) in [5.41, 5.74) is 1.31. The number of ether oxygens (including phenoxy) is 2. The topological polar surface area (TPSA) is 41.9 Å². The van der Waals surface area contributed by atoms with Crippen LogP contribution < -0.4 is 9.64 Å². The quantitative estimate of drug-likeness (QED) is 0.868. The van der Waals surface area contributed by atoms with Crippen molar-refractivity contribution in [1.29, 1.82) is 0 Å². The van der Waals surface area contributed by atoms with E-state index in [-0.39, 0.29) is 11.5 Å². The normalized spacial score (nSPS) is 17.2. The Labute approximate surface area is 149 Å². The summed E-state index contributed by atoms with van der Waals surface area (Å²) in [5, 5.41) is 9.40. The summed E-state index contributed by atoms with van der Waals surface area (Å²) < 4.78 is 46.6. The SMILES string of the molecule is COC1(c2ccc(OC(F)(F)F)cc2)CCN(c2ccc(O)cc2)CC1. The third-order valence-corrected chi connectivity index (χ3v) is 4.79. The minimum Gasteiger partial charge on any atom is -0.508 e. The van der Waals surface area contributed by atoms with Gasteiger partial charge in [-0.3, -0.25) is 0 Å². The minimum absolute atomic E-state index is 0.221. The van der Waals surface area contributed by atoms with Crippen molar-refractivity contribution in [3.05, 3.63) is 54.1 Å². The largest absolute Gasteiger partial charge is 0.573 e. The van der Waals surface area contributed by atoms with Gasteiger partial charge in [0.05, 0.1) is 5.60 Å². The highest BCUT2D eigenvalue weighted by Gasteiger charge is 2.37. The Balaban J connectivity index is 1.71. The Kier molecular flexibility index (Phi) is 5.00. The molecule has 3 rings (SSSR count). The lowest BCUT2D eigenvalue weighted by atomic mass is 9.84. The lowest BCUT2D eigenvalue weighted by molar-refractivity contribution is -0.274. The lowest BCUT2D eigenvalue weighted by Gasteiger charge is -2.42. The summed E-state index contributed by atoms with van der Waals surface area (Å²) in [6, 6.07) is 12.9. The van der Waals surface area contributed by atoms with Gasteiger partial charge in [0, 0.05) is 25.9 Å². The zero-order valence-corrected chi connectivity index (χ0v) is 14.3. The highest BCUT2D eigenvalue weighted by atomic mass is 19.4. The standard InChI is InChI=1S/C19H20F3NO3/c1-25-18(14-2-8-17(9-3-14)26-19(20,21)22)10-12-23(13-11-18)15-4-6-16(24)7-5-15/h2-9,24H,10-13H2,1H3. The molecule has 0 unspecified atom stereocenters. The van der Waals surface area contributed by atoms with E-state index in [4.69, 9.17) is 4.74 Å².